The third kappa shape index (κ3) is 4.43. The lowest BCUT2D eigenvalue weighted by molar-refractivity contribution is 0.0636. The number of halogens is 1. The normalized spacial score (nSPS) is 15.0. The first-order valence-electron chi connectivity index (χ1n) is 10.1. The van der Waals surface area contributed by atoms with Gasteiger partial charge in [0.1, 0.15) is 11.6 Å². The number of nitrogens with zero attached hydrogens (tertiary/aromatic N) is 2. The van der Waals surface area contributed by atoms with Crippen LogP contribution in [0.25, 0.3) is 10.9 Å². The lowest BCUT2D eigenvalue weighted by Crippen LogP contribution is -2.48. The van der Waals surface area contributed by atoms with Crippen molar-refractivity contribution in [3.63, 3.8) is 0 Å². The fourth-order valence-electron chi connectivity index (χ4n) is 3.94. The molecule has 29 heavy (non-hydrogen) atoms. The van der Waals surface area contributed by atoms with Crippen molar-refractivity contribution in [1.29, 1.82) is 0 Å². The average molecular weight is 395 g/mol. The van der Waals surface area contributed by atoms with Crippen LogP contribution in [0.5, 0.6) is 5.75 Å². The second-order valence-corrected chi connectivity index (χ2v) is 7.47. The Balaban J connectivity index is 1.25. The standard InChI is InChI=1S/C23H26FN3O2/c1-29-20-7-4-17(5-8-20)23(28)27-13-11-26(12-14-27)10-2-3-18-16-25-22-9-6-19(24)15-21(18)22/h4-9,15-16,25H,2-3,10-14H2,1H3. The zero-order valence-electron chi connectivity index (χ0n) is 16.7. The first-order valence-corrected chi connectivity index (χ1v) is 10.1. The number of piperazine rings is 1. The molecule has 0 saturated carbocycles. The molecule has 152 valence electrons. The molecule has 2 aromatic carbocycles. The van der Waals surface area contributed by atoms with E-state index in [4.69, 9.17) is 4.74 Å². The molecule has 5 nitrogen and oxygen atoms in total. The van der Waals surface area contributed by atoms with E-state index in [0.717, 1.165) is 67.8 Å². The molecular weight excluding hydrogens is 369 g/mol. The molecule has 3 aromatic rings. The van der Waals surface area contributed by atoms with Crippen LogP contribution in [0.3, 0.4) is 0 Å². The summed E-state index contributed by atoms with van der Waals surface area (Å²) in [6.07, 6.45) is 3.90. The lowest BCUT2D eigenvalue weighted by Gasteiger charge is -2.34. The number of H-pyrrole nitrogens is 1. The van der Waals surface area contributed by atoms with Crippen LogP contribution in [-0.4, -0.2) is 60.5 Å². The van der Waals surface area contributed by atoms with Gasteiger partial charge in [-0.3, -0.25) is 9.69 Å². The molecule has 0 radical (unpaired) electrons. The zero-order chi connectivity index (χ0) is 20.2. The second kappa shape index (κ2) is 8.66. The summed E-state index contributed by atoms with van der Waals surface area (Å²) in [7, 11) is 1.62. The number of benzene rings is 2. The summed E-state index contributed by atoms with van der Waals surface area (Å²) in [5.74, 6) is 0.633. The number of carbonyl (C=O) groups is 1. The average Bonchev–Trinajstić information content (AvgIpc) is 3.16. The molecule has 1 aliphatic heterocycles. The van der Waals surface area contributed by atoms with Crippen molar-refractivity contribution in [3.05, 3.63) is 65.6 Å². The van der Waals surface area contributed by atoms with Gasteiger partial charge in [-0.1, -0.05) is 0 Å². The van der Waals surface area contributed by atoms with Gasteiger partial charge in [-0.05, 0) is 67.4 Å². The van der Waals surface area contributed by atoms with Crippen LogP contribution in [0, 0.1) is 5.82 Å². The number of aromatic nitrogens is 1. The summed E-state index contributed by atoms with van der Waals surface area (Å²) in [5.41, 5.74) is 2.84. The smallest absolute Gasteiger partial charge is 0.253 e. The number of hydrogen-bond donors (Lipinski definition) is 1. The molecular formula is C23H26FN3O2. The third-order valence-electron chi connectivity index (χ3n) is 5.65. The number of carbonyl (C=O) groups excluding carboxylic acids is 1. The molecule has 6 heteroatoms. The van der Waals surface area contributed by atoms with Crippen molar-refractivity contribution in [2.45, 2.75) is 12.8 Å². The highest BCUT2D eigenvalue weighted by Crippen LogP contribution is 2.21. The van der Waals surface area contributed by atoms with Gasteiger partial charge in [-0.2, -0.15) is 0 Å². The Morgan fingerprint density at radius 1 is 1.10 bits per heavy atom. The Hall–Kier alpha value is -2.86. The molecule has 0 spiro atoms. The monoisotopic (exact) mass is 395 g/mol. The summed E-state index contributed by atoms with van der Waals surface area (Å²) in [4.78, 5) is 20.2. The number of rotatable bonds is 6. The number of aromatic amines is 1. The maximum Gasteiger partial charge on any atom is 0.253 e. The SMILES string of the molecule is COc1ccc(C(=O)N2CCN(CCCc3c[nH]c4ccc(F)cc34)CC2)cc1. The van der Waals surface area contributed by atoms with Gasteiger partial charge < -0.3 is 14.6 Å². The minimum absolute atomic E-state index is 0.0770. The Bertz CT molecular complexity index is 975. The molecule has 1 fully saturated rings. The fourth-order valence-corrected chi connectivity index (χ4v) is 3.94. The Labute approximate surface area is 170 Å². The van der Waals surface area contributed by atoms with E-state index >= 15 is 0 Å². The summed E-state index contributed by atoms with van der Waals surface area (Å²) >= 11 is 0. The zero-order valence-corrected chi connectivity index (χ0v) is 16.7. The van der Waals surface area contributed by atoms with E-state index in [9.17, 15) is 9.18 Å². The van der Waals surface area contributed by atoms with E-state index in [1.165, 1.54) is 6.07 Å². The number of methoxy groups -OCH3 is 1. The van der Waals surface area contributed by atoms with Gasteiger partial charge in [0.15, 0.2) is 0 Å². The summed E-state index contributed by atoms with van der Waals surface area (Å²) in [6.45, 7) is 4.22. The quantitative estimate of drug-likeness (QED) is 0.692. The minimum Gasteiger partial charge on any atom is -0.497 e. The molecule has 2 heterocycles. The predicted molar refractivity (Wildman–Crippen MR) is 112 cm³/mol. The van der Waals surface area contributed by atoms with Crippen LogP contribution >= 0.6 is 0 Å². The van der Waals surface area contributed by atoms with Crippen molar-refractivity contribution in [2.24, 2.45) is 0 Å². The number of hydrogen-bond acceptors (Lipinski definition) is 3. The van der Waals surface area contributed by atoms with Gasteiger partial charge in [0.25, 0.3) is 5.91 Å². The maximum absolute atomic E-state index is 13.5. The van der Waals surface area contributed by atoms with Crippen molar-refractivity contribution in [1.82, 2.24) is 14.8 Å². The summed E-state index contributed by atoms with van der Waals surface area (Å²) in [6, 6.07) is 12.1. The number of aryl methyl sites for hydroxylation is 1. The van der Waals surface area contributed by atoms with Gasteiger partial charge in [0.05, 0.1) is 7.11 Å². The van der Waals surface area contributed by atoms with Crippen LogP contribution in [0.15, 0.2) is 48.7 Å². The van der Waals surface area contributed by atoms with E-state index in [1.54, 1.807) is 19.2 Å². The van der Waals surface area contributed by atoms with E-state index < -0.39 is 0 Å². The predicted octanol–water partition coefficient (Wildman–Crippen LogP) is 3.71. The number of ether oxygens (including phenoxy) is 1. The molecule has 0 unspecified atom stereocenters. The summed E-state index contributed by atoms with van der Waals surface area (Å²) in [5, 5.41) is 0.972. The van der Waals surface area contributed by atoms with Crippen molar-refractivity contribution in [3.8, 4) is 5.75 Å². The van der Waals surface area contributed by atoms with Gasteiger partial charge in [0.2, 0.25) is 0 Å². The van der Waals surface area contributed by atoms with Crippen LogP contribution in [0.4, 0.5) is 4.39 Å². The molecule has 1 aliphatic rings. The number of amides is 1. The van der Waals surface area contributed by atoms with Gasteiger partial charge in [-0.15, -0.1) is 0 Å². The molecule has 1 aromatic heterocycles. The molecule has 1 N–H and O–H groups in total. The van der Waals surface area contributed by atoms with E-state index in [0.29, 0.717) is 5.56 Å². The molecule has 0 atom stereocenters. The topological polar surface area (TPSA) is 48.6 Å². The Morgan fingerprint density at radius 3 is 2.59 bits per heavy atom. The molecule has 4 rings (SSSR count). The van der Waals surface area contributed by atoms with Crippen molar-refractivity contribution < 1.29 is 13.9 Å². The highest BCUT2D eigenvalue weighted by molar-refractivity contribution is 5.94. The second-order valence-electron chi connectivity index (χ2n) is 7.47. The van der Waals surface area contributed by atoms with E-state index in [-0.39, 0.29) is 11.7 Å². The van der Waals surface area contributed by atoms with Crippen LogP contribution in [0.1, 0.15) is 22.3 Å². The van der Waals surface area contributed by atoms with Crippen LogP contribution in [0.2, 0.25) is 0 Å². The minimum atomic E-state index is -0.198. The first kappa shape index (κ1) is 19.5. The maximum atomic E-state index is 13.5. The highest BCUT2D eigenvalue weighted by Gasteiger charge is 2.22. The van der Waals surface area contributed by atoms with Gasteiger partial charge in [0, 0.05) is 48.8 Å². The summed E-state index contributed by atoms with van der Waals surface area (Å²) < 4.78 is 18.7. The van der Waals surface area contributed by atoms with Crippen LogP contribution < -0.4 is 4.74 Å². The fraction of sp³-hybridized carbons (Fsp3) is 0.348. The van der Waals surface area contributed by atoms with Crippen LogP contribution in [-0.2, 0) is 6.42 Å². The number of fused-ring (bicyclic) bond motifs is 1. The Kier molecular flexibility index (Phi) is 5.81. The highest BCUT2D eigenvalue weighted by atomic mass is 19.1. The molecule has 1 amide bonds. The largest absolute Gasteiger partial charge is 0.497 e. The molecule has 0 bridgehead atoms. The molecule has 0 aliphatic carbocycles. The van der Waals surface area contributed by atoms with E-state index in [1.807, 2.05) is 35.4 Å². The van der Waals surface area contributed by atoms with Crippen molar-refractivity contribution >= 4 is 16.8 Å². The molecule has 1 saturated heterocycles. The lowest BCUT2D eigenvalue weighted by atomic mass is 10.1. The number of nitrogens with one attached hydrogen (secondary N) is 1. The van der Waals surface area contributed by atoms with E-state index in [2.05, 4.69) is 9.88 Å². The van der Waals surface area contributed by atoms with Gasteiger partial charge >= 0.3 is 0 Å². The van der Waals surface area contributed by atoms with Crippen molar-refractivity contribution in [2.75, 3.05) is 39.8 Å². The Morgan fingerprint density at radius 2 is 1.86 bits per heavy atom. The van der Waals surface area contributed by atoms with Gasteiger partial charge in [-0.25, -0.2) is 4.39 Å². The first-order chi connectivity index (χ1) is 14.1. The third-order valence-corrected chi connectivity index (χ3v) is 5.65.